The van der Waals surface area contributed by atoms with Gasteiger partial charge in [0.05, 0.1) is 7.11 Å². The van der Waals surface area contributed by atoms with Gasteiger partial charge in [-0.2, -0.15) is 0 Å². The molecular formula is C18H20O5. The zero-order valence-electron chi connectivity index (χ0n) is 13.2. The molecule has 0 spiro atoms. The van der Waals surface area contributed by atoms with E-state index in [1.807, 2.05) is 30.3 Å². The van der Waals surface area contributed by atoms with Crippen LogP contribution in [0.5, 0.6) is 17.2 Å². The summed E-state index contributed by atoms with van der Waals surface area (Å²) >= 11 is 0. The van der Waals surface area contributed by atoms with Crippen molar-refractivity contribution in [2.24, 2.45) is 0 Å². The predicted octanol–water partition coefficient (Wildman–Crippen LogP) is 3.08. The van der Waals surface area contributed by atoms with Crippen molar-refractivity contribution in [1.29, 1.82) is 0 Å². The van der Waals surface area contributed by atoms with Crippen LogP contribution < -0.4 is 14.2 Å². The van der Waals surface area contributed by atoms with Crippen molar-refractivity contribution in [2.75, 3.05) is 20.3 Å². The molecule has 5 heteroatoms. The number of para-hydroxylation sites is 1. The van der Waals surface area contributed by atoms with Crippen LogP contribution in [0.1, 0.15) is 6.92 Å². The van der Waals surface area contributed by atoms with Gasteiger partial charge in [-0.1, -0.05) is 18.2 Å². The number of esters is 1. The van der Waals surface area contributed by atoms with Gasteiger partial charge in [-0.3, -0.25) is 4.79 Å². The van der Waals surface area contributed by atoms with Crippen molar-refractivity contribution in [3.8, 4) is 17.2 Å². The number of carbonyl (C=O) groups is 1. The van der Waals surface area contributed by atoms with Gasteiger partial charge in [-0.15, -0.1) is 0 Å². The second-order valence-electron chi connectivity index (χ2n) is 4.84. The number of rotatable bonds is 8. The number of hydrogen-bond donors (Lipinski definition) is 0. The predicted molar refractivity (Wildman–Crippen MR) is 86.0 cm³/mol. The molecule has 1 atom stereocenters. The average Bonchev–Trinajstić information content (AvgIpc) is 2.58. The zero-order valence-corrected chi connectivity index (χ0v) is 13.2. The monoisotopic (exact) mass is 316 g/mol. The topological polar surface area (TPSA) is 54.0 Å². The van der Waals surface area contributed by atoms with E-state index in [9.17, 15) is 4.79 Å². The first-order valence-corrected chi connectivity index (χ1v) is 7.29. The summed E-state index contributed by atoms with van der Waals surface area (Å²) in [6.07, 6.45) is -0.491. The van der Waals surface area contributed by atoms with Crippen molar-refractivity contribution >= 4 is 5.97 Å². The minimum absolute atomic E-state index is 0.207. The van der Waals surface area contributed by atoms with E-state index in [-0.39, 0.29) is 19.2 Å². The standard InChI is InChI=1S/C18H20O5/c1-14(19)23-18(12-21-16-6-4-3-5-7-16)13-22-17-10-8-15(20-2)9-11-17/h3-11,18H,12-13H2,1-2H3. The minimum Gasteiger partial charge on any atom is -0.497 e. The molecule has 0 N–H and O–H groups in total. The molecule has 0 radical (unpaired) electrons. The lowest BCUT2D eigenvalue weighted by Crippen LogP contribution is -2.30. The van der Waals surface area contributed by atoms with Gasteiger partial charge >= 0.3 is 5.97 Å². The third-order valence-electron chi connectivity index (χ3n) is 3.01. The highest BCUT2D eigenvalue weighted by atomic mass is 16.6. The molecule has 0 amide bonds. The molecule has 5 nitrogen and oxygen atoms in total. The second kappa shape index (κ2) is 8.68. The molecule has 23 heavy (non-hydrogen) atoms. The average molecular weight is 316 g/mol. The Balaban J connectivity index is 1.88. The quantitative estimate of drug-likeness (QED) is 0.701. The van der Waals surface area contributed by atoms with E-state index in [0.717, 1.165) is 5.75 Å². The van der Waals surface area contributed by atoms with Crippen molar-refractivity contribution in [3.05, 3.63) is 54.6 Å². The van der Waals surface area contributed by atoms with Crippen LogP contribution in [0.3, 0.4) is 0 Å². The summed E-state index contributed by atoms with van der Waals surface area (Å²) in [5.41, 5.74) is 0. The van der Waals surface area contributed by atoms with Gasteiger partial charge in [0.1, 0.15) is 30.5 Å². The van der Waals surface area contributed by atoms with Gasteiger partial charge in [0.2, 0.25) is 0 Å². The molecule has 0 bridgehead atoms. The molecule has 0 saturated carbocycles. The lowest BCUT2D eigenvalue weighted by Gasteiger charge is -2.18. The summed E-state index contributed by atoms with van der Waals surface area (Å²) < 4.78 is 21.6. The zero-order chi connectivity index (χ0) is 16.5. The Morgan fingerprint density at radius 3 is 1.91 bits per heavy atom. The van der Waals surface area contributed by atoms with E-state index in [4.69, 9.17) is 18.9 Å². The molecule has 122 valence electrons. The van der Waals surface area contributed by atoms with Gasteiger partial charge < -0.3 is 18.9 Å². The van der Waals surface area contributed by atoms with E-state index in [0.29, 0.717) is 11.5 Å². The molecule has 0 heterocycles. The molecule has 2 aromatic carbocycles. The number of methoxy groups -OCH3 is 1. The van der Waals surface area contributed by atoms with Crippen molar-refractivity contribution < 1.29 is 23.7 Å². The summed E-state index contributed by atoms with van der Waals surface area (Å²) in [5, 5.41) is 0. The maximum atomic E-state index is 11.2. The van der Waals surface area contributed by atoms with Crippen LogP contribution in [-0.2, 0) is 9.53 Å². The Kier molecular flexibility index (Phi) is 6.29. The highest BCUT2D eigenvalue weighted by molar-refractivity contribution is 5.66. The third-order valence-corrected chi connectivity index (χ3v) is 3.01. The summed E-state index contributed by atoms with van der Waals surface area (Å²) in [5.74, 6) is 1.77. The molecule has 0 aliphatic heterocycles. The van der Waals surface area contributed by atoms with Crippen LogP contribution in [0.15, 0.2) is 54.6 Å². The molecule has 0 saturated heterocycles. The van der Waals surface area contributed by atoms with E-state index in [1.54, 1.807) is 31.4 Å². The van der Waals surface area contributed by atoms with Crippen LogP contribution in [-0.4, -0.2) is 32.4 Å². The minimum atomic E-state index is -0.491. The molecule has 0 aromatic heterocycles. The van der Waals surface area contributed by atoms with Crippen molar-refractivity contribution in [2.45, 2.75) is 13.0 Å². The Hall–Kier alpha value is -2.69. The van der Waals surface area contributed by atoms with E-state index in [2.05, 4.69) is 0 Å². The molecule has 2 aromatic rings. The lowest BCUT2D eigenvalue weighted by atomic mass is 10.3. The Labute approximate surface area is 135 Å². The first-order valence-electron chi connectivity index (χ1n) is 7.29. The largest absolute Gasteiger partial charge is 0.497 e. The van der Waals surface area contributed by atoms with Gasteiger partial charge in [0, 0.05) is 6.92 Å². The fourth-order valence-electron chi connectivity index (χ4n) is 1.92. The highest BCUT2D eigenvalue weighted by Crippen LogP contribution is 2.17. The molecule has 2 rings (SSSR count). The van der Waals surface area contributed by atoms with E-state index < -0.39 is 6.10 Å². The van der Waals surface area contributed by atoms with Gasteiger partial charge in [-0.05, 0) is 36.4 Å². The van der Waals surface area contributed by atoms with Gasteiger partial charge in [0.15, 0.2) is 6.10 Å². The Bertz CT molecular complexity index is 595. The third kappa shape index (κ3) is 5.90. The maximum Gasteiger partial charge on any atom is 0.303 e. The van der Waals surface area contributed by atoms with Crippen LogP contribution in [0, 0.1) is 0 Å². The smallest absolute Gasteiger partial charge is 0.303 e. The maximum absolute atomic E-state index is 11.2. The van der Waals surface area contributed by atoms with Gasteiger partial charge in [0.25, 0.3) is 0 Å². The van der Waals surface area contributed by atoms with Crippen LogP contribution >= 0.6 is 0 Å². The highest BCUT2D eigenvalue weighted by Gasteiger charge is 2.14. The van der Waals surface area contributed by atoms with Crippen molar-refractivity contribution in [1.82, 2.24) is 0 Å². The lowest BCUT2D eigenvalue weighted by molar-refractivity contribution is -0.149. The summed E-state index contributed by atoms with van der Waals surface area (Å²) in [6.45, 7) is 1.79. The summed E-state index contributed by atoms with van der Waals surface area (Å²) in [7, 11) is 1.60. The molecule has 0 aliphatic carbocycles. The fourth-order valence-corrected chi connectivity index (χ4v) is 1.92. The first kappa shape index (κ1) is 16.7. The normalized spacial score (nSPS) is 11.4. The summed E-state index contributed by atoms with van der Waals surface area (Å²) in [6, 6.07) is 16.5. The van der Waals surface area contributed by atoms with Gasteiger partial charge in [-0.25, -0.2) is 0 Å². The Morgan fingerprint density at radius 1 is 0.870 bits per heavy atom. The van der Waals surface area contributed by atoms with Crippen LogP contribution in [0.25, 0.3) is 0 Å². The SMILES string of the molecule is COc1ccc(OCC(COc2ccccc2)OC(C)=O)cc1. The summed E-state index contributed by atoms with van der Waals surface area (Å²) in [4.78, 5) is 11.2. The van der Waals surface area contributed by atoms with Crippen molar-refractivity contribution in [3.63, 3.8) is 0 Å². The number of hydrogen-bond acceptors (Lipinski definition) is 5. The van der Waals surface area contributed by atoms with E-state index in [1.165, 1.54) is 6.92 Å². The first-order chi connectivity index (χ1) is 11.2. The number of carbonyl (C=O) groups excluding carboxylic acids is 1. The second-order valence-corrected chi connectivity index (χ2v) is 4.84. The molecule has 0 fully saturated rings. The van der Waals surface area contributed by atoms with Crippen LogP contribution in [0.2, 0.25) is 0 Å². The molecular weight excluding hydrogens is 296 g/mol. The molecule has 1 unspecified atom stereocenters. The van der Waals surface area contributed by atoms with E-state index >= 15 is 0 Å². The molecule has 0 aliphatic rings. The number of ether oxygens (including phenoxy) is 4. The number of benzene rings is 2. The van der Waals surface area contributed by atoms with Crippen LogP contribution in [0.4, 0.5) is 0 Å². The Morgan fingerprint density at radius 2 is 1.39 bits per heavy atom. The fraction of sp³-hybridized carbons (Fsp3) is 0.278.